The number of ether oxygens (including phenoxy) is 1. The molecule has 1 atom stereocenters. The largest absolute Gasteiger partial charge is 0.487 e. The SMILES string of the molecule is C[C@@H](Cn1cnnn1)Oc1cc(-c2cnc(Nc3ccc(-c4cnn(C)c4)cc3)nc2)ccc1Cl. The van der Waals surface area contributed by atoms with E-state index in [-0.39, 0.29) is 6.10 Å². The summed E-state index contributed by atoms with van der Waals surface area (Å²) in [7, 11) is 1.90. The second-order valence-corrected chi connectivity index (χ2v) is 8.41. The van der Waals surface area contributed by atoms with Gasteiger partial charge in [-0.1, -0.05) is 29.8 Å². The number of hydrogen-bond acceptors (Lipinski definition) is 8. The van der Waals surface area contributed by atoms with Crippen LogP contribution in [0, 0.1) is 0 Å². The first-order chi connectivity index (χ1) is 17.0. The first kappa shape index (κ1) is 22.5. The number of anilines is 2. The molecule has 5 rings (SSSR count). The molecule has 0 unspecified atom stereocenters. The van der Waals surface area contributed by atoms with Gasteiger partial charge in [-0.05, 0) is 52.7 Å². The maximum absolute atomic E-state index is 6.36. The van der Waals surface area contributed by atoms with Crippen molar-refractivity contribution >= 4 is 23.2 Å². The Morgan fingerprint density at radius 1 is 0.971 bits per heavy atom. The van der Waals surface area contributed by atoms with Crippen LogP contribution in [0.1, 0.15) is 6.92 Å². The van der Waals surface area contributed by atoms with Crippen molar-refractivity contribution in [3.63, 3.8) is 0 Å². The molecule has 11 heteroatoms. The van der Waals surface area contributed by atoms with E-state index in [0.29, 0.717) is 23.3 Å². The summed E-state index contributed by atoms with van der Waals surface area (Å²) in [6, 6.07) is 13.6. The zero-order chi connectivity index (χ0) is 24.2. The van der Waals surface area contributed by atoms with Crippen LogP contribution in [0.4, 0.5) is 11.6 Å². The van der Waals surface area contributed by atoms with E-state index in [0.717, 1.165) is 27.9 Å². The van der Waals surface area contributed by atoms with E-state index in [1.807, 2.05) is 62.8 Å². The maximum atomic E-state index is 6.36. The van der Waals surface area contributed by atoms with Crippen molar-refractivity contribution in [1.82, 2.24) is 40.0 Å². The van der Waals surface area contributed by atoms with Gasteiger partial charge in [-0.3, -0.25) is 4.68 Å². The third kappa shape index (κ3) is 5.44. The van der Waals surface area contributed by atoms with E-state index in [9.17, 15) is 0 Å². The Balaban J connectivity index is 1.25. The minimum atomic E-state index is -0.182. The average molecular weight is 488 g/mol. The lowest BCUT2D eigenvalue weighted by Crippen LogP contribution is -2.20. The second kappa shape index (κ2) is 9.90. The Kier molecular flexibility index (Phi) is 6.36. The molecule has 0 aliphatic heterocycles. The number of aryl methyl sites for hydroxylation is 1. The molecule has 0 saturated heterocycles. The quantitative estimate of drug-likeness (QED) is 0.343. The highest BCUT2D eigenvalue weighted by atomic mass is 35.5. The first-order valence-corrected chi connectivity index (χ1v) is 11.3. The second-order valence-electron chi connectivity index (χ2n) is 8.01. The van der Waals surface area contributed by atoms with Crippen LogP contribution >= 0.6 is 11.6 Å². The number of rotatable bonds is 8. The van der Waals surface area contributed by atoms with Crippen LogP contribution < -0.4 is 10.1 Å². The molecule has 0 spiro atoms. The van der Waals surface area contributed by atoms with Crippen molar-refractivity contribution in [2.24, 2.45) is 7.05 Å². The van der Waals surface area contributed by atoms with E-state index in [2.05, 4.69) is 35.9 Å². The number of nitrogens with zero attached hydrogens (tertiary/aromatic N) is 8. The highest BCUT2D eigenvalue weighted by molar-refractivity contribution is 6.32. The molecule has 0 aliphatic carbocycles. The third-order valence-electron chi connectivity index (χ3n) is 5.26. The van der Waals surface area contributed by atoms with Crippen LogP contribution in [0.5, 0.6) is 5.75 Å². The maximum Gasteiger partial charge on any atom is 0.227 e. The van der Waals surface area contributed by atoms with Crippen LogP contribution in [0.2, 0.25) is 5.02 Å². The molecule has 0 saturated carbocycles. The third-order valence-corrected chi connectivity index (χ3v) is 5.57. The molecular formula is C24H22ClN9O. The predicted molar refractivity (Wildman–Crippen MR) is 132 cm³/mol. The van der Waals surface area contributed by atoms with Crippen molar-refractivity contribution < 1.29 is 4.74 Å². The molecule has 0 aliphatic rings. The number of halogens is 1. The molecule has 5 aromatic rings. The molecule has 0 fully saturated rings. The van der Waals surface area contributed by atoms with Gasteiger partial charge in [0.1, 0.15) is 18.2 Å². The number of benzene rings is 2. The van der Waals surface area contributed by atoms with E-state index in [4.69, 9.17) is 16.3 Å². The lowest BCUT2D eigenvalue weighted by molar-refractivity contribution is 0.193. The molecule has 176 valence electrons. The monoisotopic (exact) mass is 487 g/mol. The lowest BCUT2D eigenvalue weighted by atomic mass is 10.1. The van der Waals surface area contributed by atoms with Gasteiger partial charge in [-0.2, -0.15) is 5.10 Å². The molecule has 0 radical (unpaired) electrons. The highest BCUT2D eigenvalue weighted by Gasteiger charge is 2.12. The summed E-state index contributed by atoms with van der Waals surface area (Å²) < 4.78 is 9.41. The normalized spacial score (nSPS) is 11.9. The van der Waals surface area contributed by atoms with Gasteiger partial charge in [-0.15, -0.1) is 5.10 Å². The Hall–Kier alpha value is -4.31. The minimum absolute atomic E-state index is 0.182. The first-order valence-electron chi connectivity index (χ1n) is 10.9. The fourth-order valence-corrected chi connectivity index (χ4v) is 3.70. The smallest absolute Gasteiger partial charge is 0.227 e. The fraction of sp³-hybridized carbons (Fsp3) is 0.167. The van der Waals surface area contributed by atoms with Crippen LogP contribution in [-0.4, -0.2) is 46.1 Å². The van der Waals surface area contributed by atoms with E-state index in [1.54, 1.807) is 34.2 Å². The summed E-state index contributed by atoms with van der Waals surface area (Å²) in [6.07, 6.45) is 8.70. The number of hydrogen-bond donors (Lipinski definition) is 1. The van der Waals surface area contributed by atoms with E-state index < -0.39 is 0 Å². The van der Waals surface area contributed by atoms with Gasteiger partial charge in [0.15, 0.2) is 0 Å². The molecule has 3 aromatic heterocycles. The number of nitrogens with one attached hydrogen (secondary N) is 1. The molecule has 10 nitrogen and oxygen atoms in total. The summed E-state index contributed by atoms with van der Waals surface area (Å²) in [5, 5.41) is 19.1. The molecule has 2 aromatic carbocycles. The average Bonchev–Trinajstić information content (AvgIpc) is 3.53. The molecule has 0 bridgehead atoms. The van der Waals surface area contributed by atoms with Crippen molar-refractivity contribution in [3.8, 4) is 28.0 Å². The molecule has 0 amide bonds. The molecule has 35 heavy (non-hydrogen) atoms. The standard InChI is InChI=1S/C24H22ClN9O/c1-16(13-34-15-28-31-32-34)35-23-9-18(5-8-22(23)25)19-10-26-24(27-11-19)30-21-6-3-17(4-7-21)20-12-29-33(2)14-20/h3-12,14-16H,13H2,1-2H3,(H,26,27,30)/t16-/m0/s1. The van der Waals surface area contributed by atoms with Crippen molar-refractivity contribution in [2.45, 2.75) is 19.6 Å². The Labute approximate surface area is 206 Å². The Morgan fingerprint density at radius 2 is 1.74 bits per heavy atom. The van der Waals surface area contributed by atoms with Gasteiger partial charge in [0.05, 0.1) is 17.8 Å². The van der Waals surface area contributed by atoms with Crippen LogP contribution in [0.25, 0.3) is 22.3 Å². The molecule has 3 heterocycles. The predicted octanol–water partition coefficient (Wildman–Crippen LogP) is 4.40. The van der Waals surface area contributed by atoms with Gasteiger partial charge in [0.2, 0.25) is 5.95 Å². The summed E-state index contributed by atoms with van der Waals surface area (Å²) >= 11 is 6.36. The Bertz CT molecular complexity index is 1400. The van der Waals surface area contributed by atoms with Gasteiger partial charge in [0.25, 0.3) is 0 Å². The summed E-state index contributed by atoms with van der Waals surface area (Å²) in [6.45, 7) is 2.43. The van der Waals surface area contributed by atoms with Gasteiger partial charge in [0, 0.05) is 42.5 Å². The zero-order valence-electron chi connectivity index (χ0n) is 19.1. The van der Waals surface area contributed by atoms with Gasteiger partial charge < -0.3 is 10.1 Å². The molecule has 1 N–H and O–H groups in total. The summed E-state index contributed by atoms with van der Waals surface area (Å²) in [4.78, 5) is 8.92. The Morgan fingerprint density at radius 3 is 2.43 bits per heavy atom. The van der Waals surface area contributed by atoms with Gasteiger partial charge in [-0.25, -0.2) is 14.6 Å². The van der Waals surface area contributed by atoms with Crippen LogP contribution in [0.15, 0.2) is 73.6 Å². The van der Waals surface area contributed by atoms with Crippen molar-refractivity contribution in [1.29, 1.82) is 0 Å². The zero-order valence-corrected chi connectivity index (χ0v) is 19.8. The molecular weight excluding hydrogens is 466 g/mol. The fourth-order valence-electron chi connectivity index (χ4n) is 3.54. The summed E-state index contributed by atoms with van der Waals surface area (Å²) in [5.41, 5.74) is 4.79. The van der Waals surface area contributed by atoms with E-state index >= 15 is 0 Å². The van der Waals surface area contributed by atoms with Gasteiger partial charge >= 0.3 is 0 Å². The van der Waals surface area contributed by atoms with Crippen LogP contribution in [0.3, 0.4) is 0 Å². The minimum Gasteiger partial charge on any atom is -0.487 e. The highest BCUT2D eigenvalue weighted by Crippen LogP contribution is 2.31. The lowest BCUT2D eigenvalue weighted by Gasteiger charge is -2.16. The topological polar surface area (TPSA) is 108 Å². The van der Waals surface area contributed by atoms with Crippen molar-refractivity contribution in [2.75, 3.05) is 5.32 Å². The summed E-state index contributed by atoms with van der Waals surface area (Å²) in [5.74, 6) is 1.07. The number of aromatic nitrogens is 8. The van der Waals surface area contributed by atoms with E-state index in [1.165, 1.54) is 0 Å². The van der Waals surface area contributed by atoms with Crippen molar-refractivity contribution in [3.05, 3.63) is 78.6 Å². The number of tetrazole rings is 1. The van der Waals surface area contributed by atoms with Crippen LogP contribution in [-0.2, 0) is 13.6 Å².